The molecule has 0 atom stereocenters. The van der Waals surface area contributed by atoms with Crippen molar-refractivity contribution in [1.29, 1.82) is 0 Å². The van der Waals surface area contributed by atoms with E-state index in [1.807, 2.05) is 18.2 Å². The fourth-order valence-electron chi connectivity index (χ4n) is 6.35. The summed E-state index contributed by atoms with van der Waals surface area (Å²) in [6.07, 6.45) is 0. The smallest absolute Gasteiger partial charge is 0.145 e. The van der Waals surface area contributed by atoms with Gasteiger partial charge < -0.3 is 4.42 Å². The van der Waals surface area contributed by atoms with E-state index in [4.69, 9.17) is 14.4 Å². The third-order valence-electron chi connectivity index (χ3n) is 8.02. The van der Waals surface area contributed by atoms with Crippen molar-refractivity contribution in [3.8, 4) is 11.4 Å². The Morgan fingerprint density at radius 3 is 1.67 bits per heavy atom. The predicted octanol–water partition coefficient (Wildman–Crippen LogP) is 9.81. The van der Waals surface area contributed by atoms with Crippen molar-refractivity contribution >= 4 is 76.1 Å². The van der Waals surface area contributed by atoms with E-state index in [1.54, 1.807) is 0 Å². The number of hydrogen-bond donors (Lipinski definition) is 0. The van der Waals surface area contributed by atoms with Crippen molar-refractivity contribution in [1.82, 2.24) is 9.97 Å². The second-order valence-electron chi connectivity index (χ2n) is 10.1. The highest BCUT2D eigenvalue weighted by Gasteiger charge is 2.22. The summed E-state index contributed by atoms with van der Waals surface area (Å²) in [4.78, 5) is 10.7. The second kappa shape index (κ2) is 7.62. The van der Waals surface area contributed by atoms with Crippen molar-refractivity contribution < 1.29 is 4.42 Å². The first-order valence-corrected chi connectivity index (χ1v) is 13.2. The van der Waals surface area contributed by atoms with Crippen molar-refractivity contribution in [2.24, 2.45) is 0 Å². The van der Waals surface area contributed by atoms with E-state index in [1.165, 1.54) is 10.8 Å². The van der Waals surface area contributed by atoms with E-state index >= 15 is 0 Å². The minimum atomic E-state index is 0.871. The lowest BCUT2D eigenvalue weighted by molar-refractivity contribution is 0.673. The molecule has 9 rings (SSSR count). The molecule has 6 aromatic carbocycles. The molecule has 39 heavy (non-hydrogen) atoms. The lowest BCUT2D eigenvalue weighted by Gasteiger charge is -2.15. The maximum absolute atomic E-state index is 6.50. The average molecular weight is 497 g/mol. The molecular weight excluding hydrogens is 476 g/mol. The highest BCUT2D eigenvalue weighted by Crippen LogP contribution is 2.45. The summed E-state index contributed by atoms with van der Waals surface area (Å²) >= 11 is 0. The topological polar surface area (TPSA) is 38.9 Å². The van der Waals surface area contributed by atoms with Gasteiger partial charge in [-0.05, 0) is 28.3 Å². The van der Waals surface area contributed by atoms with E-state index < -0.39 is 0 Å². The summed E-state index contributed by atoms with van der Waals surface area (Å²) in [5.41, 5.74) is 5.45. The summed E-state index contributed by atoms with van der Waals surface area (Å²) < 4.78 is 6.50. The molecule has 0 spiro atoms. The van der Waals surface area contributed by atoms with Gasteiger partial charge in [0, 0.05) is 32.3 Å². The first-order valence-electron chi connectivity index (χ1n) is 13.2. The quantitative estimate of drug-likeness (QED) is 0.212. The highest BCUT2D eigenvalue weighted by molar-refractivity contribution is 6.34. The molecule has 0 N–H and O–H groups in total. The van der Waals surface area contributed by atoms with E-state index in [-0.39, 0.29) is 0 Å². The van der Waals surface area contributed by atoms with Gasteiger partial charge in [0.2, 0.25) is 0 Å². The van der Waals surface area contributed by atoms with Crippen molar-refractivity contribution in [3.63, 3.8) is 0 Å². The molecule has 0 saturated heterocycles. The Hall–Kier alpha value is -5.28. The molecule has 3 aromatic heterocycles. The molecule has 180 valence electrons. The number of furan rings is 1. The SMILES string of the molecule is c1ccc2c(c1)nc(-c1nc3c(c4ccccc14)c1ccccc1c1oc4ccccc4c31)c1ccccc12. The van der Waals surface area contributed by atoms with E-state index in [2.05, 4.69) is 103 Å². The zero-order chi connectivity index (χ0) is 25.5. The Bertz CT molecular complexity index is 2450. The fourth-order valence-corrected chi connectivity index (χ4v) is 6.35. The maximum atomic E-state index is 6.50. The van der Waals surface area contributed by atoms with Crippen molar-refractivity contribution in [3.05, 3.63) is 121 Å². The summed E-state index contributed by atoms with van der Waals surface area (Å²) in [7, 11) is 0. The average Bonchev–Trinajstić information content (AvgIpc) is 3.40. The maximum Gasteiger partial charge on any atom is 0.145 e. The van der Waals surface area contributed by atoms with Crippen LogP contribution in [0.2, 0.25) is 0 Å². The Balaban J connectivity index is 1.57. The monoisotopic (exact) mass is 496 g/mol. The summed E-state index contributed by atoms with van der Waals surface area (Å²) in [6, 6.07) is 42.3. The highest BCUT2D eigenvalue weighted by atomic mass is 16.3. The van der Waals surface area contributed by atoms with E-state index in [0.29, 0.717) is 0 Å². The first kappa shape index (κ1) is 20.7. The number of hydrogen-bond acceptors (Lipinski definition) is 3. The van der Waals surface area contributed by atoms with Crippen molar-refractivity contribution in [2.45, 2.75) is 0 Å². The molecule has 0 saturated carbocycles. The summed E-state index contributed by atoms with van der Waals surface area (Å²) in [5, 5.41) is 11.2. The van der Waals surface area contributed by atoms with Gasteiger partial charge in [0.25, 0.3) is 0 Å². The van der Waals surface area contributed by atoms with Crippen LogP contribution in [0.4, 0.5) is 0 Å². The van der Waals surface area contributed by atoms with E-state index in [0.717, 1.165) is 76.7 Å². The number of rotatable bonds is 1. The largest absolute Gasteiger partial charge is 0.455 e. The van der Waals surface area contributed by atoms with Crippen molar-refractivity contribution in [2.75, 3.05) is 0 Å². The Labute approximate surface area is 222 Å². The lowest BCUT2D eigenvalue weighted by Crippen LogP contribution is -1.95. The van der Waals surface area contributed by atoms with Crippen LogP contribution in [0.1, 0.15) is 0 Å². The normalized spacial score (nSPS) is 12.1. The standard InChI is InChI=1S/C36H20N2O/c1-4-15-25-21(11-1)22-12-7-9-19-29(22)37-33(25)34-26-16-5-2-13-23(26)31-24-14-3-6-17-27(24)36-32(35(31)38-34)28-18-8-10-20-30(28)39-36/h1-20H. The number of aromatic nitrogens is 2. The van der Waals surface area contributed by atoms with Gasteiger partial charge in [0.1, 0.15) is 11.2 Å². The zero-order valence-electron chi connectivity index (χ0n) is 20.8. The molecule has 0 bridgehead atoms. The zero-order valence-corrected chi connectivity index (χ0v) is 20.8. The summed E-state index contributed by atoms with van der Waals surface area (Å²) in [5.74, 6) is 0. The molecule has 0 fully saturated rings. The van der Waals surface area contributed by atoms with Gasteiger partial charge in [0.15, 0.2) is 0 Å². The molecule has 3 heterocycles. The van der Waals surface area contributed by atoms with Crippen LogP contribution in [0.3, 0.4) is 0 Å². The van der Waals surface area contributed by atoms with Crippen LogP contribution in [-0.2, 0) is 0 Å². The van der Waals surface area contributed by atoms with Crippen LogP contribution in [0, 0.1) is 0 Å². The Morgan fingerprint density at radius 1 is 0.385 bits per heavy atom. The number of fused-ring (bicyclic) bond motifs is 13. The lowest BCUT2D eigenvalue weighted by atomic mass is 9.93. The van der Waals surface area contributed by atoms with Gasteiger partial charge in [-0.1, -0.05) is 109 Å². The number of benzene rings is 6. The van der Waals surface area contributed by atoms with Crippen LogP contribution >= 0.6 is 0 Å². The van der Waals surface area contributed by atoms with Crippen LogP contribution in [0.15, 0.2) is 126 Å². The van der Waals surface area contributed by atoms with Gasteiger partial charge in [-0.3, -0.25) is 0 Å². The van der Waals surface area contributed by atoms with Crippen LogP contribution < -0.4 is 0 Å². The van der Waals surface area contributed by atoms with Gasteiger partial charge in [0.05, 0.1) is 27.8 Å². The molecule has 3 nitrogen and oxygen atoms in total. The Kier molecular flexibility index (Phi) is 4.05. The third-order valence-corrected chi connectivity index (χ3v) is 8.02. The molecular formula is C36H20N2O. The van der Waals surface area contributed by atoms with Crippen LogP contribution in [0.25, 0.3) is 87.4 Å². The third kappa shape index (κ3) is 2.76. The molecule has 3 heteroatoms. The first-order chi connectivity index (χ1) is 19.4. The van der Waals surface area contributed by atoms with Crippen LogP contribution in [-0.4, -0.2) is 9.97 Å². The minimum absolute atomic E-state index is 0.871. The van der Waals surface area contributed by atoms with Gasteiger partial charge >= 0.3 is 0 Å². The molecule has 9 aromatic rings. The molecule has 0 aliphatic carbocycles. The van der Waals surface area contributed by atoms with E-state index in [9.17, 15) is 0 Å². The molecule has 0 aliphatic heterocycles. The number of para-hydroxylation sites is 2. The predicted molar refractivity (Wildman–Crippen MR) is 162 cm³/mol. The number of nitrogens with zero attached hydrogens (tertiary/aromatic N) is 2. The van der Waals surface area contributed by atoms with Gasteiger partial charge in [-0.15, -0.1) is 0 Å². The van der Waals surface area contributed by atoms with Crippen LogP contribution in [0.5, 0.6) is 0 Å². The molecule has 0 radical (unpaired) electrons. The van der Waals surface area contributed by atoms with Gasteiger partial charge in [-0.25, -0.2) is 9.97 Å². The molecule has 0 unspecified atom stereocenters. The summed E-state index contributed by atoms with van der Waals surface area (Å²) in [6.45, 7) is 0. The molecule has 0 amide bonds. The molecule has 0 aliphatic rings. The van der Waals surface area contributed by atoms with Gasteiger partial charge in [-0.2, -0.15) is 0 Å². The number of pyridine rings is 2. The fraction of sp³-hybridized carbons (Fsp3) is 0. The minimum Gasteiger partial charge on any atom is -0.455 e. The Morgan fingerprint density at radius 2 is 0.897 bits per heavy atom. The second-order valence-corrected chi connectivity index (χ2v) is 10.1.